The second kappa shape index (κ2) is 5.68. The number of benzene rings is 1. The first-order valence-corrected chi connectivity index (χ1v) is 5.94. The van der Waals surface area contributed by atoms with Gasteiger partial charge in [0.2, 0.25) is 0 Å². The third-order valence-corrected chi connectivity index (χ3v) is 2.72. The van der Waals surface area contributed by atoms with Crippen LogP contribution in [0.25, 0.3) is 0 Å². The molecule has 0 atom stereocenters. The number of methoxy groups -OCH3 is 1. The van der Waals surface area contributed by atoms with Crippen molar-refractivity contribution in [1.82, 2.24) is 4.98 Å². The van der Waals surface area contributed by atoms with Crippen molar-refractivity contribution in [2.75, 3.05) is 7.11 Å². The maximum atomic E-state index is 5.61. The molecular formula is C13H12BrNO2. The van der Waals surface area contributed by atoms with Crippen LogP contribution >= 0.6 is 15.9 Å². The van der Waals surface area contributed by atoms with Crippen molar-refractivity contribution in [2.45, 2.75) is 6.61 Å². The zero-order valence-electron chi connectivity index (χ0n) is 9.39. The summed E-state index contributed by atoms with van der Waals surface area (Å²) in [5.41, 5.74) is 0.884. The lowest BCUT2D eigenvalue weighted by Crippen LogP contribution is -1.97. The molecule has 0 aliphatic rings. The second-order valence-electron chi connectivity index (χ2n) is 3.43. The minimum absolute atomic E-state index is 0.450. The Morgan fingerprint density at radius 3 is 2.47 bits per heavy atom. The number of pyridine rings is 1. The monoisotopic (exact) mass is 293 g/mol. The highest BCUT2D eigenvalue weighted by Crippen LogP contribution is 2.18. The fraction of sp³-hybridized carbons (Fsp3) is 0.154. The van der Waals surface area contributed by atoms with Crippen LogP contribution in [0.3, 0.4) is 0 Å². The lowest BCUT2D eigenvalue weighted by atomic mass is 10.3. The summed E-state index contributed by atoms with van der Waals surface area (Å²) >= 11 is 3.40. The fourth-order valence-corrected chi connectivity index (χ4v) is 1.74. The van der Waals surface area contributed by atoms with Gasteiger partial charge in [0.05, 0.1) is 12.8 Å². The van der Waals surface area contributed by atoms with Crippen molar-refractivity contribution < 1.29 is 9.47 Å². The summed E-state index contributed by atoms with van der Waals surface area (Å²) in [5.74, 6) is 1.62. The van der Waals surface area contributed by atoms with E-state index >= 15 is 0 Å². The summed E-state index contributed by atoms with van der Waals surface area (Å²) in [4.78, 5) is 4.21. The molecule has 2 rings (SSSR count). The average molecular weight is 294 g/mol. The standard InChI is InChI=1S/C13H12BrNO2/c1-16-12-2-4-13(5-3-12)17-9-11-8-10(14)6-7-15-11/h2-8H,9H2,1H3. The van der Waals surface area contributed by atoms with Gasteiger partial charge >= 0.3 is 0 Å². The highest BCUT2D eigenvalue weighted by Gasteiger charge is 1.98. The van der Waals surface area contributed by atoms with Crippen molar-refractivity contribution in [1.29, 1.82) is 0 Å². The Balaban J connectivity index is 1.97. The highest BCUT2D eigenvalue weighted by atomic mass is 79.9. The maximum absolute atomic E-state index is 5.61. The molecule has 2 aromatic rings. The number of rotatable bonds is 4. The van der Waals surface area contributed by atoms with Gasteiger partial charge in [0.1, 0.15) is 18.1 Å². The number of aromatic nitrogens is 1. The molecular weight excluding hydrogens is 282 g/mol. The van der Waals surface area contributed by atoms with Gasteiger partial charge in [0.25, 0.3) is 0 Å². The van der Waals surface area contributed by atoms with E-state index in [4.69, 9.17) is 9.47 Å². The fourth-order valence-electron chi connectivity index (χ4n) is 1.36. The Labute approximate surface area is 109 Å². The molecule has 0 saturated heterocycles. The van der Waals surface area contributed by atoms with E-state index in [2.05, 4.69) is 20.9 Å². The molecule has 0 spiro atoms. The zero-order chi connectivity index (χ0) is 12.1. The van der Waals surface area contributed by atoms with Crippen LogP contribution in [0.2, 0.25) is 0 Å². The highest BCUT2D eigenvalue weighted by molar-refractivity contribution is 9.10. The van der Waals surface area contributed by atoms with E-state index in [9.17, 15) is 0 Å². The molecule has 3 nitrogen and oxygen atoms in total. The first kappa shape index (κ1) is 11.9. The van der Waals surface area contributed by atoms with E-state index in [1.54, 1.807) is 13.3 Å². The van der Waals surface area contributed by atoms with Crippen LogP contribution < -0.4 is 9.47 Å². The molecule has 0 amide bonds. The molecule has 0 aliphatic heterocycles. The topological polar surface area (TPSA) is 31.4 Å². The van der Waals surface area contributed by atoms with Gasteiger partial charge in [-0.2, -0.15) is 0 Å². The van der Waals surface area contributed by atoms with Crippen LogP contribution in [0.1, 0.15) is 5.69 Å². The van der Waals surface area contributed by atoms with E-state index < -0.39 is 0 Å². The van der Waals surface area contributed by atoms with Crippen molar-refractivity contribution in [2.24, 2.45) is 0 Å². The predicted molar refractivity (Wildman–Crippen MR) is 69.3 cm³/mol. The zero-order valence-corrected chi connectivity index (χ0v) is 11.0. The van der Waals surface area contributed by atoms with Gasteiger partial charge in [0.15, 0.2) is 0 Å². The molecule has 0 N–H and O–H groups in total. The summed E-state index contributed by atoms with van der Waals surface area (Å²) in [6.45, 7) is 0.450. The first-order chi connectivity index (χ1) is 8.28. The van der Waals surface area contributed by atoms with Crippen LogP contribution in [0, 0.1) is 0 Å². The molecule has 0 radical (unpaired) electrons. The SMILES string of the molecule is COc1ccc(OCc2cc(Br)ccn2)cc1. The van der Waals surface area contributed by atoms with Crippen LogP contribution in [-0.2, 0) is 6.61 Å². The summed E-state index contributed by atoms with van der Waals surface area (Å²) < 4.78 is 11.7. The Hall–Kier alpha value is -1.55. The molecule has 17 heavy (non-hydrogen) atoms. The van der Waals surface area contributed by atoms with E-state index in [-0.39, 0.29) is 0 Å². The molecule has 1 aromatic carbocycles. The minimum Gasteiger partial charge on any atom is -0.497 e. The average Bonchev–Trinajstić information content (AvgIpc) is 2.37. The van der Waals surface area contributed by atoms with Crippen LogP contribution in [0.4, 0.5) is 0 Å². The van der Waals surface area contributed by atoms with Gasteiger partial charge in [-0.1, -0.05) is 15.9 Å². The Morgan fingerprint density at radius 1 is 1.12 bits per heavy atom. The first-order valence-electron chi connectivity index (χ1n) is 5.15. The van der Waals surface area contributed by atoms with Crippen molar-refractivity contribution in [3.63, 3.8) is 0 Å². The van der Waals surface area contributed by atoms with Crippen molar-refractivity contribution in [3.8, 4) is 11.5 Å². The van der Waals surface area contributed by atoms with Gasteiger partial charge in [-0.3, -0.25) is 4.98 Å². The second-order valence-corrected chi connectivity index (χ2v) is 4.35. The number of hydrogen-bond donors (Lipinski definition) is 0. The van der Waals surface area contributed by atoms with E-state index in [1.807, 2.05) is 36.4 Å². The Bertz CT molecular complexity index is 485. The Kier molecular flexibility index (Phi) is 3.98. The van der Waals surface area contributed by atoms with Gasteiger partial charge in [-0.15, -0.1) is 0 Å². The van der Waals surface area contributed by atoms with Crippen LogP contribution in [0.15, 0.2) is 47.1 Å². The molecule has 1 aromatic heterocycles. The number of nitrogens with zero attached hydrogens (tertiary/aromatic N) is 1. The third-order valence-electron chi connectivity index (χ3n) is 2.22. The lowest BCUT2D eigenvalue weighted by molar-refractivity contribution is 0.300. The number of halogens is 1. The molecule has 0 saturated carbocycles. The van der Waals surface area contributed by atoms with Gasteiger partial charge in [-0.25, -0.2) is 0 Å². The van der Waals surface area contributed by atoms with Crippen LogP contribution in [-0.4, -0.2) is 12.1 Å². The molecule has 0 fully saturated rings. The minimum atomic E-state index is 0.450. The third kappa shape index (κ3) is 3.46. The van der Waals surface area contributed by atoms with Gasteiger partial charge in [-0.05, 0) is 36.4 Å². The van der Waals surface area contributed by atoms with E-state index in [0.29, 0.717) is 6.61 Å². The number of ether oxygens (including phenoxy) is 2. The van der Waals surface area contributed by atoms with E-state index in [1.165, 1.54) is 0 Å². The van der Waals surface area contributed by atoms with Crippen molar-refractivity contribution in [3.05, 3.63) is 52.8 Å². The summed E-state index contributed by atoms with van der Waals surface area (Å²) in [6, 6.07) is 11.3. The molecule has 4 heteroatoms. The number of hydrogen-bond acceptors (Lipinski definition) is 3. The predicted octanol–water partition coefficient (Wildman–Crippen LogP) is 3.43. The maximum Gasteiger partial charge on any atom is 0.130 e. The smallest absolute Gasteiger partial charge is 0.130 e. The van der Waals surface area contributed by atoms with Gasteiger partial charge < -0.3 is 9.47 Å². The quantitative estimate of drug-likeness (QED) is 0.865. The summed E-state index contributed by atoms with van der Waals surface area (Å²) in [7, 11) is 1.64. The molecule has 0 bridgehead atoms. The summed E-state index contributed by atoms with van der Waals surface area (Å²) in [6.07, 6.45) is 1.75. The van der Waals surface area contributed by atoms with E-state index in [0.717, 1.165) is 21.7 Å². The van der Waals surface area contributed by atoms with Gasteiger partial charge in [0, 0.05) is 10.7 Å². The Morgan fingerprint density at radius 2 is 1.82 bits per heavy atom. The largest absolute Gasteiger partial charge is 0.497 e. The molecule has 1 heterocycles. The van der Waals surface area contributed by atoms with Crippen LogP contribution in [0.5, 0.6) is 11.5 Å². The molecule has 0 unspecified atom stereocenters. The molecule has 0 aliphatic carbocycles. The summed E-state index contributed by atoms with van der Waals surface area (Å²) in [5, 5.41) is 0. The lowest BCUT2D eigenvalue weighted by Gasteiger charge is -2.06. The molecule has 88 valence electrons. The van der Waals surface area contributed by atoms with Crippen molar-refractivity contribution >= 4 is 15.9 Å². The normalized spacial score (nSPS) is 10.0.